The highest BCUT2D eigenvalue weighted by atomic mass is 16.7. The molecule has 0 aliphatic carbocycles. The van der Waals surface area contributed by atoms with E-state index in [1.165, 1.54) is 24.5 Å². The third-order valence-corrected chi connectivity index (χ3v) is 4.93. The highest BCUT2D eigenvalue weighted by molar-refractivity contribution is 5.82. The molecule has 4 rings (SSSR count). The van der Waals surface area contributed by atoms with Crippen molar-refractivity contribution in [2.75, 3.05) is 6.61 Å². The van der Waals surface area contributed by atoms with Gasteiger partial charge in [-0.25, -0.2) is 0 Å². The smallest absolute Gasteiger partial charge is 0.229 e. The first-order valence-corrected chi connectivity index (χ1v) is 9.07. The molecule has 1 fully saturated rings. The van der Waals surface area contributed by atoms with Gasteiger partial charge in [-0.15, -0.1) is 0 Å². The predicted molar refractivity (Wildman–Crippen MR) is 102 cm³/mol. The van der Waals surface area contributed by atoms with Crippen LogP contribution < -0.4 is 10.2 Å². The van der Waals surface area contributed by atoms with Crippen molar-refractivity contribution in [3.63, 3.8) is 0 Å². The summed E-state index contributed by atoms with van der Waals surface area (Å²) >= 11 is 0. The normalized spacial score (nSPS) is 27.1. The molecule has 0 spiro atoms. The summed E-state index contributed by atoms with van der Waals surface area (Å²) in [4.78, 5) is 12.8. The molecule has 0 bridgehead atoms. The zero-order chi connectivity index (χ0) is 20.5. The number of hydrogen-bond donors (Lipinski definition) is 4. The second-order valence-corrected chi connectivity index (χ2v) is 6.82. The van der Waals surface area contributed by atoms with E-state index in [2.05, 4.69) is 0 Å². The zero-order valence-corrected chi connectivity index (χ0v) is 15.2. The topological polar surface area (TPSA) is 130 Å². The van der Waals surface area contributed by atoms with Gasteiger partial charge in [-0.3, -0.25) is 4.79 Å². The molecule has 152 valence electrons. The van der Waals surface area contributed by atoms with Gasteiger partial charge < -0.3 is 34.3 Å². The van der Waals surface area contributed by atoms with Crippen molar-refractivity contribution in [2.24, 2.45) is 0 Å². The number of aliphatic hydroxyl groups excluding tert-OH is 4. The Morgan fingerprint density at radius 3 is 2.45 bits per heavy atom. The molecule has 8 heteroatoms. The van der Waals surface area contributed by atoms with Crippen LogP contribution in [0.3, 0.4) is 0 Å². The van der Waals surface area contributed by atoms with Crippen molar-refractivity contribution in [3.8, 4) is 16.9 Å². The fourth-order valence-corrected chi connectivity index (χ4v) is 3.30. The lowest BCUT2D eigenvalue weighted by atomic mass is 9.99. The van der Waals surface area contributed by atoms with E-state index >= 15 is 0 Å². The number of fused-ring (bicyclic) bond motifs is 1. The molecule has 2 aromatic carbocycles. The molecule has 0 unspecified atom stereocenters. The third-order valence-electron chi connectivity index (χ3n) is 4.93. The largest absolute Gasteiger partial charge is 0.463 e. The van der Waals surface area contributed by atoms with Gasteiger partial charge in [0, 0.05) is 6.07 Å². The standard InChI is InChI=1S/C21H20O8/c22-9-16-18(24)19(25)20(26)21(29-16)28-12-6-7-13-15(8-12)27-10-14(17(13)23)11-4-2-1-3-5-11/h1-8,10,16,18-22,24-26H,9H2/t16-,18+,19+,20+,21+/m1/s1. The van der Waals surface area contributed by atoms with Crippen molar-refractivity contribution in [2.45, 2.75) is 30.7 Å². The number of ether oxygens (including phenoxy) is 2. The molecule has 1 aliphatic heterocycles. The van der Waals surface area contributed by atoms with Crippen LogP contribution in [0.2, 0.25) is 0 Å². The average Bonchev–Trinajstić information content (AvgIpc) is 2.75. The molecule has 0 radical (unpaired) electrons. The molecular formula is C21H20O8. The summed E-state index contributed by atoms with van der Waals surface area (Å²) in [6.45, 7) is -0.556. The molecule has 1 saturated heterocycles. The molecule has 1 aliphatic rings. The summed E-state index contributed by atoms with van der Waals surface area (Å²) in [7, 11) is 0. The lowest BCUT2D eigenvalue weighted by molar-refractivity contribution is -0.277. The molecule has 1 aromatic heterocycles. The fourth-order valence-electron chi connectivity index (χ4n) is 3.30. The van der Waals surface area contributed by atoms with E-state index in [0.29, 0.717) is 10.9 Å². The molecule has 8 nitrogen and oxygen atoms in total. The molecule has 5 atom stereocenters. The van der Waals surface area contributed by atoms with Crippen LogP contribution in [0, 0.1) is 0 Å². The van der Waals surface area contributed by atoms with Gasteiger partial charge in [-0.05, 0) is 17.7 Å². The lowest BCUT2D eigenvalue weighted by Gasteiger charge is -2.39. The van der Waals surface area contributed by atoms with Crippen LogP contribution in [0.5, 0.6) is 5.75 Å². The van der Waals surface area contributed by atoms with Gasteiger partial charge in [0.2, 0.25) is 6.29 Å². The van der Waals surface area contributed by atoms with Gasteiger partial charge in [0.25, 0.3) is 0 Å². The molecule has 3 aromatic rings. The van der Waals surface area contributed by atoms with E-state index in [-0.39, 0.29) is 16.8 Å². The number of benzene rings is 2. The van der Waals surface area contributed by atoms with E-state index in [1.807, 2.05) is 30.3 Å². The van der Waals surface area contributed by atoms with Crippen LogP contribution in [0.25, 0.3) is 22.1 Å². The van der Waals surface area contributed by atoms with Gasteiger partial charge in [0.15, 0.2) is 5.43 Å². The van der Waals surface area contributed by atoms with Gasteiger partial charge in [-0.2, -0.15) is 0 Å². The Bertz CT molecular complexity index is 1050. The maximum atomic E-state index is 12.8. The first-order chi connectivity index (χ1) is 14.0. The second-order valence-electron chi connectivity index (χ2n) is 6.82. The van der Waals surface area contributed by atoms with Crippen LogP contribution in [0.1, 0.15) is 0 Å². The monoisotopic (exact) mass is 400 g/mol. The van der Waals surface area contributed by atoms with Crippen LogP contribution in [0.15, 0.2) is 64.0 Å². The highest BCUT2D eigenvalue weighted by Crippen LogP contribution is 2.27. The minimum atomic E-state index is -1.54. The summed E-state index contributed by atoms with van der Waals surface area (Å²) < 4.78 is 16.5. The quantitative estimate of drug-likeness (QED) is 0.502. The van der Waals surface area contributed by atoms with Crippen LogP contribution >= 0.6 is 0 Å². The van der Waals surface area contributed by atoms with Crippen molar-refractivity contribution in [1.29, 1.82) is 0 Å². The molecule has 0 saturated carbocycles. The summed E-state index contributed by atoms with van der Waals surface area (Å²) in [5.41, 5.74) is 1.25. The Morgan fingerprint density at radius 1 is 0.966 bits per heavy atom. The minimum absolute atomic E-state index is 0.197. The third kappa shape index (κ3) is 3.64. The Kier molecular flexibility index (Phi) is 5.35. The summed E-state index contributed by atoms with van der Waals surface area (Å²) in [5.74, 6) is 0.220. The predicted octanol–water partition coefficient (Wildman–Crippen LogP) is 0.639. The minimum Gasteiger partial charge on any atom is -0.463 e. The molecule has 29 heavy (non-hydrogen) atoms. The Morgan fingerprint density at radius 2 is 1.72 bits per heavy atom. The summed E-state index contributed by atoms with van der Waals surface area (Å²) in [5, 5.41) is 39.4. The van der Waals surface area contributed by atoms with Crippen molar-refractivity contribution < 1.29 is 34.3 Å². The fraction of sp³-hybridized carbons (Fsp3) is 0.286. The van der Waals surface area contributed by atoms with Crippen LogP contribution in [-0.4, -0.2) is 57.7 Å². The van der Waals surface area contributed by atoms with Gasteiger partial charge in [0.1, 0.15) is 42.0 Å². The van der Waals surface area contributed by atoms with E-state index in [9.17, 15) is 25.2 Å². The highest BCUT2D eigenvalue weighted by Gasteiger charge is 2.44. The maximum absolute atomic E-state index is 12.8. The number of aliphatic hydroxyl groups is 4. The van der Waals surface area contributed by atoms with Crippen molar-refractivity contribution in [3.05, 3.63) is 65.0 Å². The van der Waals surface area contributed by atoms with Gasteiger partial charge in [-0.1, -0.05) is 30.3 Å². The van der Waals surface area contributed by atoms with Gasteiger partial charge in [0.05, 0.1) is 17.6 Å². The maximum Gasteiger partial charge on any atom is 0.229 e. The Hall–Kier alpha value is -2.75. The Labute approximate surface area is 165 Å². The van der Waals surface area contributed by atoms with Gasteiger partial charge >= 0.3 is 0 Å². The molecular weight excluding hydrogens is 380 g/mol. The first-order valence-electron chi connectivity index (χ1n) is 9.07. The number of rotatable bonds is 4. The van der Waals surface area contributed by atoms with Crippen molar-refractivity contribution >= 4 is 11.0 Å². The lowest BCUT2D eigenvalue weighted by Crippen LogP contribution is -2.60. The Balaban J connectivity index is 1.62. The summed E-state index contributed by atoms with van der Waals surface area (Å²) in [6.07, 6.45) is -5.57. The van der Waals surface area contributed by atoms with Crippen LogP contribution in [0.4, 0.5) is 0 Å². The van der Waals surface area contributed by atoms with Crippen LogP contribution in [-0.2, 0) is 4.74 Å². The van der Waals surface area contributed by atoms with E-state index in [1.54, 1.807) is 0 Å². The second kappa shape index (κ2) is 7.94. The first kappa shape index (κ1) is 19.6. The molecule has 2 heterocycles. The van der Waals surface area contributed by atoms with E-state index in [4.69, 9.17) is 13.9 Å². The molecule has 0 amide bonds. The summed E-state index contributed by atoms with van der Waals surface area (Å²) in [6, 6.07) is 13.7. The SMILES string of the molecule is O=c1c(-c2ccccc2)coc2cc(O[C@H]3O[C@H](CO)[C@H](O)[C@H](O)[C@@H]3O)ccc12. The zero-order valence-electron chi connectivity index (χ0n) is 15.2. The number of hydrogen-bond acceptors (Lipinski definition) is 8. The average molecular weight is 400 g/mol. The van der Waals surface area contributed by atoms with Crippen molar-refractivity contribution in [1.82, 2.24) is 0 Å². The molecule has 4 N–H and O–H groups in total. The van der Waals surface area contributed by atoms with E-state index in [0.717, 1.165) is 5.56 Å². The van der Waals surface area contributed by atoms with E-state index < -0.39 is 37.3 Å².